The minimum atomic E-state index is -1.08. The molecule has 6 nitrogen and oxygen atoms in total. The number of carboxylic acids is 1. The Balaban J connectivity index is 1.71. The number of benzene rings is 1. The lowest BCUT2D eigenvalue weighted by Crippen LogP contribution is -2.31. The fourth-order valence-corrected chi connectivity index (χ4v) is 3.03. The van der Waals surface area contributed by atoms with Gasteiger partial charge in [-0.2, -0.15) is 0 Å². The zero-order chi connectivity index (χ0) is 16.2. The van der Waals surface area contributed by atoms with Crippen LogP contribution in [0.15, 0.2) is 42.7 Å². The summed E-state index contributed by atoms with van der Waals surface area (Å²) in [6.45, 7) is 0.841. The highest BCUT2D eigenvalue weighted by Crippen LogP contribution is 2.30. The molecule has 1 aromatic carbocycles. The average Bonchev–Trinajstić information content (AvgIpc) is 3.04. The standard InChI is InChI=1S/C17H19N3O3/c21-15(12-5-2-1-3-6-12)9-13-7-4-8-20(13)16-11-18-14(10-19-16)17(22)23/h1-3,5-6,10-11,13,15,21H,4,7-9H2,(H,22,23). The smallest absolute Gasteiger partial charge is 0.356 e. The number of carbonyl (C=O) groups is 1. The molecular weight excluding hydrogens is 294 g/mol. The van der Waals surface area contributed by atoms with E-state index in [1.54, 1.807) is 0 Å². The molecule has 2 atom stereocenters. The molecule has 1 fully saturated rings. The van der Waals surface area contributed by atoms with Crippen molar-refractivity contribution in [3.8, 4) is 0 Å². The molecule has 6 heteroatoms. The third kappa shape index (κ3) is 3.48. The molecule has 2 unspecified atom stereocenters. The Morgan fingerprint density at radius 2 is 2.04 bits per heavy atom. The summed E-state index contributed by atoms with van der Waals surface area (Å²) in [5.41, 5.74) is 0.848. The van der Waals surface area contributed by atoms with Crippen LogP contribution in [0.5, 0.6) is 0 Å². The van der Waals surface area contributed by atoms with Crippen LogP contribution in [0.4, 0.5) is 5.82 Å². The van der Waals surface area contributed by atoms with Crippen LogP contribution in [0.3, 0.4) is 0 Å². The van der Waals surface area contributed by atoms with Gasteiger partial charge in [0, 0.05) is 12.6 Å². The topological polar surface area (TPSA) is 86.5 Å². The number of anilines is 1. The van der Waals surface area contributed by atoms with Crippen LogP contribution in [0, 0.1) is 0 Å². The summed E-state index contributed by atoms with van der Waals surface area (Å²) in [6.07, 6.45) is 4.87. The van der Waals surface area contributed by atoms with E-state index >= 15 is 0 Å². The Labute approximate surface area is 134 Å². The normalized spacial score (nSPS) is 18.8. The van der Waals surface area contributed by atoms with Crippen LogP contribution < -0.4 is 4.90 Å². The SMILES string of the molecule is O=C(O)c1cnc(N2CCCC2CC(O)c2ccccc2)cn1. The molecule has 23 heavy (non-hydrogen) atoms. The Morgan fingerprint density at radius 3 is 2.70 bits per heavy atom. The van der Waals surface area contributed by atoms with Gasteiger partial charge in [-0.25, -0.2) is 14.8 Å². The first kappa shape index (κ1) is 15.4. The Kier molecular flexibility index (Phi) is 4.52. The van der Waals surface area contributed by atoms with Crippen molar-refractivity contribution in [1.82, 2.24) is 9.97 Å². The summed E-state index contributed by atoms with van der Waals surface area (Å²) in [7, 11) is 0. The zero-order valence-corrected chi connectivity index (χ0v) is 12.7. The molecular formula is C17H19N3O3. The van der Waals surface area contributed by atoms with Crippen LogP contribution in [-0.2, 0) is 0 Å². The molecule has 2 N–H and O–H groups in total. The van der Waals surface area contributed by atoms with Crippen LogP contribution in [0.1, 0.15) is 41.4 Å². The Morgan fingerprint density at radius 1 is 1.26 bits per heavy atom. The highest BCUT2D eigenvalue weighted by Gasteiger charge is 2.28. The molecule has 1 saturated heterocycles. The monoisotopic (exact) mass is 313 g/mol. The highest BCUT2D eigenvalue weighted by atomic mass is 16.4. The van der Waals surface area contributed by atoms with Crippen LogP contribution in [0.25, 0.3) is 0 Å². The average molecular weight is 313 g/mol. The van der Waals surface area contributed by atoms with Gasteiger partial charge < -0.3 is 15.1 Å². The second-order valence-electron chi connectivity index (χ2n) is 5.72. The quantitative estimate of drug-likeness (QED) is 0.880. The Hall–Kier alpha value is -2.47. The summed E-state index contributed by atoms with van der Waals surface area (Å²) in [6, 6.07) is 9.78. The van der Waals surface area contributed by atoms with Gasteiger partial charge in [0.2, 0.25) is 0 Å². The van der Waals surface area contributed by atoms with Crippen molar-refractivity contribution in [3.63, 3.8) is 0 Å². The van der Waals surface area contributed by atoms with E-state index in [-0.39, 0.29) is 11.7 Å². The number of aromatic carboxylic acids is 1. The van der Waals surface area contributed by atoms with E-state index in [1.165, 1.54) is 12.4 Å². The molecule has 0 amide bonds. The first-order valence-corrected chi connectivity index (χ1v) is 7.70. The fraction of sp³-hybridized carbons (Fsp3) is 0.353. The summed E-state index contributed by atoms with van der Waals surface area (Å²) in [4.78, 5) is 21.1. The number of rotatable bonds is 5. The molecule has 0 aliphatic carbocycles. The number of hydrogen-bond acceptors (Lipinski definition) is 5. The van der Waals surface area contributed by atoms with Crippen molar-refractivity contribution in [1.29, 1.82) is 0 Å². The maximum Gasteiger partial charge on any atom is 0.356 e. The maximum absolute atomic E-state index is 10.9. The number of nitrogens with zero attached hydrogens (tertiary/aromatic N) is 3. The summed E-state index contributed by atoms with van der Waals surface area (Å²) >= 11 is 0. The van der Waals surface area contributed by atoms with Gasteiger partial charge in [0.05, 0.1) is 18.5 Å². The van der Waals surface area contributed by atoms with Crippen LogP contribution in [0.2, 0.25) is 0 Å². The molecule has 1 aromatic heterocycles. The predicted octanol–water partition coefficient (Wildman–Crippen LogP) is 2.27. The van der Waals surface area contributed by atoms with Gasteiger partial charge >= 0.3 is 5.97 Å². The van der Waals surface area contributed by atoms with E-state index in [1.807, 2.05) is 30.3 Å². The van der Waals surface area contributed by atoms with Crippen molar-refractivity contribution in [3.05, 3.63) is 54.0 Å². The highest BCUT2D eigenvalue weighted by molar-refractivity contribution is 5.84. The molecule has 0 bridgehead atoms. The molecule has 120 valence electrons. The largest absolute Gasteiger partial charge is 0.476 e. The molecule has 1 aliphatic rings. The van der Waals surface area contributed by atoms with Gasteiger partial charge in [0.25, 0.3) is 0 Å². The van der Waals surface area contributed by atoms with E-state index in [0.717, 1.165) is 24.9 Å². The third-order valence-corrected chi connectivity index (χ3v) is 4.21. The van der Waals surface area contributed by atoms with Crippen LogP contribution >= 0.6 is 0 Å². The predicted molar refractivity (Wildman–Crippen MR) is 85.4 cm³/mol. The summed E-state index contributed by atoms with van der Waals surface area (Å²) < 4.78 is 0. The molecule has 0 saturated carbocycles. The van der Waals surface area contributed by atoms with E-state index < -0.39 is 12.1 Å². The number of aliphatic hydroxyl groups is 1. The van der Waals surface area contributed by atoms with E-state index in [9.17, 15) is 9.90 Å². The molecule has 0 spiro atoms. The maximum atomic E-state index is 10.9. The zero-order valence-electron chi connectivity index (χ0n) is 12.7. The molecule has 1 aliphatic heterocycles. The lowest BCUT2D eigenvalue weighted by atomic mass is 10.0. The molecule has 3 rings (SSSR count). The molecule has 2 aromatic rings. The van der Waals surface area contributed by atoms with Crippen molar-refractivity contribution < 1.29 is 15.0 Å². The number of carboxylic acid groups (broad SMARTS) is 1. The minimum absolute atomic E-state index is 0.0613. The number of hydrogen-bond donors (Lipinski definition) is 2. The van der Waals surface area contributed by atoms with Crippen LogP contribution in [-0.4, -0.2) is 38.7 Å². The van der Waals surface area contributed by atoms with Gasteiger partial charge in [0.15, 0.2) is 5.69 Å². The molecule has 2 heterocycles. The number of aromatic nitrogens is 2. The van der Waals surface area contributed by atoms with Gasteiger partial charge in [-0.05, 0) is 24.8 Å². The number of aliphatic hydroxyl groups excluding tert-OH is 1. The van der Waals surface area contributed by atoms with Crippen molar-refractivity contribution >= 4 is 11.8 Å². The first-order chi connectivity index (χ1) is 11.1. The summed E-state index contributed by atoms with van der Waals surface area (Å²) in [5, 5.41) is 19.3. The Bertz CT molecular complexity index is 661. The minimum Gasteiger partial charge on any atom is -0.476 e. The van der Waals surface area contributed by atoms with Gasteiger partial charge in [-0.15, -0.1) is 0 Å². The first-order valence-electron chi connectivity index (χ1n) is 7.70. The lowest BCUT2D eigenvalue weighted by Gasteiger charge is -2.27. The second-order valence-corrected chi connectivity index (χ2v) is 5.72. The van der Waals surface area contributed by atoms with E-state index in [4.69, 9.17) is 5.11 Å². The van der Waals surface area contributed by atoms with Gasteiger partial charge in [-0.3, -0.25) is 0 Å². The third-order valence-electron chi connectivity index (χ3n) is 4.21. The lowest BCUT2D eigenvalue weighted by molar-refractivity contribution is 0.0690. The van der Waals surface area contributed by atoms with Crippen molar-refractivity contribution in [2.45, 2.75) is 31.4 Å². The van der Waals surface area contributed by atoms with E-state index in [2.05, 4.69) is 14.9 Å². The summed E-state index contributed by atoms with van der Waals surface area (Å²) in [5.74, 6) is -0.417. The van der Waals surface area contributed by atoms with Gasteiger partial charge in [-0.1, -0.05) is 30.3 Å². The van der Waals surface area contributed by atoms with Gasteiger partial charge in [0.1, 0.15) is 5.82 Å². The van der Waals surface area contributed by atoms with Crippen molar-refractivity contribution in [2.75, 3.05) is 11.4 Å². The fourth-order valence-electron chi connectivity index (χ4n) is 3.03. The second kappa shape index (κ2) is 6.75. The molecule has 0 radical (unpaired) electrons. The van der Waals surface area contributed by atoms with E-state index in [0.29, 0.717) is 12.2 Å². The van der Waals surface area contributed by atoms with Crippen molar-refractivity contribution in [2.24, 2.45) is 0 Å².